The Labute approximate surface area is 159 Å². The zero-order valence-electron chi connectivity index (χ0n) is 14.5. The molecule has 5 nitrogen and oxygen atoms in total. The Morgan fingerprint density at radius 1 is 1.38 bits per heavy atom. The minimum absolute atomic E-state index is 0.0109. The molecule has 0 aliphatic rings. The smallest absolute Gasteiger partial charge is 0.387 e. The quantitative estimate of drug-likeness (QED) is 0.509. The third-order valence-corrected chi connectivity index (χ3v) is 4.04. The Morgan fingerprint density at radius 2 is 2.15 bits per heavy atom. The van der Waals surface area contributed by atoms with Crippen LogP contribution in [0.15, 0.2) is 34.8 Å². The van der Waals surface area contributed by atoms with Gasteiger partial charge in [0.05, 0.1) is 5.69 Å². The van der Waals surface area contributed by atoms with E-state index in [0.29, 0.717) is 23.1 Å². The van der Waals surface area contributed by atoms with Crippen molar-refractivity contribution >= 4 is 27.9 Å². The number of nitrogens with one attached hydrogen (secondary N) is 1. The first-order valence-electron chi connectivity index (χ1n) is 8.06. The highest BCUT2D eigenvalue weighted by Crippen LogP contribution is 2.25. The molecule has 1 N–H and O–H groups in total. The van der Waals surface area contributed by atoms with Crippen molar-refractivity contribution in [3.05, 3.63) is 51.8 Å². The van der Waals surface area contributed by atoms with Crippen LogP contribution in [0.1, 0.15) is 23.4 Å². The number of benzene rings is 1. The molecule has 1 amide bonds. The van der Waals surface area contributed by atoms with Crippen LogP contribution in [0, 0.1) is 13.8 Å². The van der Waals surface area contributed by atoms with Gasteiger partial charge >= 0.3 is 6.61 Å². The number of rotatable bonds is 8. The summed E-state index contributed by atoms with van der Waals surface area (Å²) in [4.78, 5) is 11.9. The Morgan fingerprint density at radius 3 is 2.81 bits per heavy atom. The van der Waals surface area contributed by atoms with Crippen LogP contribution in [-0.4, -0.2) is 28.8 Å². The number of alkyl halides is 2. The van der Waals surface area contributed by atoms with Crippen molar-refractivity contribution in [2.75, 3.05) is 6.54 Å². The topological polar surface area (TPSA) is 56.2 Å². The molecule has 1 aromatic carbocycles. The minimum Gasteiger partial charge on any atom is -0.434 e. The molecule has 0 atom stereocenters. The van der Waals surface area contributed by atoms with E-state index in [4.69, 9.17) is 0 Å². The number of carbonyl (C=O) groups is 1. The summed E-state index contributed by atoms with van der Waals surface area (Å²) >= 11 is 3.26. The second-order valence-corrected chi connectivity index (χ2v) is 6.60. The highest BCUT2D eigenvalue weighted by Gasteiger charge is 2.09. The Bertz CT molecular complexity index is 791. The molecular weight excluding hydrogens is 408 g/mol. The first-order chi connectivity index (χ1) is 12.3. The second kappa shape index (κ2) is 9.47. The van der Waals surface area contributed by atoms with Crippen LogP contribution in [-0.2, 0) is 11.3 Å². The van der Waals surface area contributed by atoms with Gasteiger partial charge in [-0.3, -0.25) is 9.48 Å². The number of aromatic nitrogens is 2. The molecule has 0 fully saturated rings. The first kappa shape index (κ1) is 20.1. The molecule has 0 saturated heterocycles. The average molecular weight is 428 g/mol. The Hall–Kier alpha value is -2.22. The number of aryl methyl sites for hydroxylation is 3. The highest BCUT2D eigenvalue weighted by atomic mass is 79.9. The van der Waals surface area contributed by atoms with Crippen LogP contribution in [0.25, 0.3) is 6.08 Å². The van der Waals surface area contributed by atoms with E-state index in [9.17, 15) is 13.6 Å². The zero-order chi connectivity index (χ0) is 19.1. The maximum atomic E-state index is 12.4. The van der Waals surface area contributed by atoms with Gasteiger partial charge in [0.1, 0.15) is 5.75 Å². The molecule has 8 heteroatoms. The van der Waals surface area contributed by atoms with Crippen molar-refractivity contribution in [1.82, 2.24) is 15.1 Å². The summed E-state index contributed by atoms with van der Waals surface area (Å²) in [5.41, 5.74) is 2.43. The summed E-state index contributed by atoms with van der Waals surface area (Å²) in [5.74, 6) is -0.293. The largest absolute Gasteiger partial charge is 0.434 e. The number of carbonyl (C=O) groups excluding carboxylic acids is 1. The minimum atomic E-state index is -2.92. The van der Waals surface area contributed by atoms with E-state index in [1.54, 1.807) is 12.1 Å². The molecule has 0 aliphatic heterocycles. The van der Waals surface area contributed by atoms with Crippen molar-refractivity contribution in [1.29, 1.82) is 0 Å². The molecule has 0 bridgehead atoms. The monoisotopic (exact) mass is 427 g/mol. The van der Waals surface area contributed by atoms with Crippen LogP contribution in [0.4, 0.5) is 8.78 Å². The van der Waals surface area contributed by atoms with Crippen LogP contribution < -0.4 is 10.1 Å². The number of halogens is 3. The molecule has 2 aromatic rings. The van der Waals surface area contributed by atoms with Gasteiger partial charge in [0.25, 0.3) is 0 Å². The zero-order valence-corrected chi connectivity index (χ0v) is 16.1. The predicted molar refractivity (Wildman–Crippen MR) is 99.1 cm³/mol. The average Bonchev–Trinajstić information content (AvgIpc) is 2.89. The van der Waals surface area contributed by atoms with E-state index >= 15 is 0 Å². The van der Waals surface area contributed by atoms with Crippen LogP contribution in [0.2, 0.25) is 0 Å². The fourth-order valence-electron chi connectivity index (χ4n) is 2.42. The third-order valence-electron chi connectivity index (χ3n) is 3.55. The summed E-state index contributed by atoms with van der Waals surface area (Å²) in [6, 6.07) is 6.61. The molecule has 26 heavy (non-hydrogen) atoms. The van der Waals surface area contributed by atoms with Crippen molar-refractivity contribution < 1.29 is 18.3 Å². The van der Waals surface area contributed by atoms with Gasteiger partial charge in [-0.15, -0.1) is 0 Å². The van der Waals surface area contributed by atoms with Gasteiger partial charge in [0.15, 0.2) is 0 Å². The SMILES string of the molecule is Cc1cc(C)n(CCCNC(=O)/C=C/c2cc(Br)ccc2OC(F)F)n1. The molecule has 140 valence electrons. The second-order valence-electron chi connectivity index (χ2n) is 5.69. The highest BCUT2D eigenvalue weighted by molar-refractivity contribution is 9.10. The van der Waals surface area contributed by atoms with E-state index in [-0.39, 0.29) is 11.7 Å². The molecule has 1 heterocycles. The fourth-order valence-corrected chi connectivity index (χ4v) is 2.80. The molecule has 2 rings (SSSR count). The molecular formula is C18H20BrF2N3O2. The summed E-state index contributed by atoms with van der Waals surface area (Å²) < 4.78 is 31.9. The van der Waals surface area contributed by atoms with Gasteiger partial charge in [-0.2, -0.15) is 13.9 Å². The number of ether oxygens (including phenoxy) is 1. The summed E-state index contributed by atoms with van der Waals surface area (Å²) in [5, 5.41) is 7.11. The van der Waals surface area contributed by atoms with E-state index in [2.05, 4.69) is 31.1 Å². The summed E-state index contributed by atoms with van der Waals surface area (Å²) in [6.45, 7) is 2.19. The van der Waals surface area contributed by atoms with E-state index < -0.39 is 6.61 Å². The van der Waals surface area contributed by atoms with Crippen molar-refractivity contribution in [3.8, 4) is 5.75 Å². The Kier molecular flexibility index (Phi) is 7.32. The maximum absolute atomic E-state index is 12.4. The van der Waals surface area contributed by atoms with Gasteiger partial charge in [-0.25, -0.2) is 0 Å². The van der Waals surface area contributed by atoms with Crippen molar-refractivity contribution in [2.24, 2.45) is 0 Å². The van der Waals surface area contributed by atoms with Gasteiger partial charge in [-0.05, 0) is 50.6 Å². The third kappa shape index (κ3) is 6.25. The van der Waals surface area contributed by atoms with Crippen molar-refractivity contribution in [2.45, 2.75) is 33.4 Å². The lowest BCUT2D eigenvalue weighted by Gasteiger charge is -2.08. The number of nitrogens with zero attached hydrogens (tertiary/aromatic N) is 2. The van der Waals surface area contributed by atoms with Gasteiger partial charge < -0.3 is 10.1 Å². The molecule has 0 unspecified atom stereocenters. The summed E-state index contributed by atoms with van der Waals surface area (Å²) in [7, 11) is 0. The van der Waals surface area contributed by atoms with Gasteiger partial charge in [-0.1, -0.05) is 15.9 Å². The van der Waals surface area contributed by atoms with Gasteiger partial charge in [0.2, 0.25) is 5.91 Å². The Balaban J connectivity index is 1.85. The number of hydrogen-bond donors (Lipinski definition) is 1. The summed E-state index contributed by atoms with van der Waals surface area (Å²) in [6.07, 6.45) is 3.47. The van der Waals surface area contributed by atoms with Crippen LogP contribution in [0.3, 0.4) is 0 Å². The van der Waals surface area contributed by atoms with Crippen LogP contribution >= 0.6 is 15.9 Å². The van der Waals surface area contributed by atoms with E-state index in [0.717, 1.165) is 17.8 Å². The van der Waals surface area contributed by atoms with Crippen LogP contribution in [0.5, 0.6) is 5.75 Å². The molecule has 0 spiro atoms. The normalized spacial score (nSPS) is 11.3. The first-order valence-corrected chi connectivity index (χ1v) is 8.86. The van der Waals surface area contributed by atoms with E-state index in [1.807, 2.05) is 24.6 Å². The molecule has 0 aliphatic carbocycles. The molecule has 0 radical (unpaired) electrons. The van der Waals surface area contributed by atoms with Gasteiger partial charge in [0, 0.05) is 34.9 Å². The number of amides is 1. The predicted octanol–water partition coefficient (Wildman–Crippen LogP) is 4.08. The standard InChI is InChI=1S/C18H20BrF2N3O2/c1-12-10-13(2)24(23-12)9-3-8-22-17(25)7-4-14-11-15(19)5-6-16(14)26-18(20)21/h4-7,10-11,18H,3,8-9H2,1-2H3,(H,22,25)/b7-4+. The molecule has 0 saturated carbocycles. The number of hydrogen-bond acceptors (Lipinski definition) is 3. The lowest BCUT2D eigenvalue weighted by molar-refractivity contribution is -0.116. The molecule has 1 aromatic heterocycles. The fraction of sp³-hybridized carbons (Fsp3) is 0.333. The lowest BCUT2D eigenvalue weighted by atomic mass is 10.2. The lowest BCUT2D eigenvalue weighted by Crippen LogP contribution is -2.23. The van der Waals surface area contributed by atoms with Crippen molar-refractivity contribution in [3.63, 3.8) is 0 Å². The maximum Gasteiger partial charge on any atom is 0.387 e. The van der Waals surface area contributed by atoms with E-state index in [1.165, 1.54) is 18.2 Å².